The fourth-order valence-corrected chi connectivity index (χ4v) is 5.72. The van der Waals surface area contributed by atoms with Gasteiger partial charge in [-0.25, -0.2) is 14.2 Å². The summed E-state index contributed by atoms with van der Waals surface area (Å²) in [6, 6.07) is 14.9. The maximum atomic E-state index is 15.1. The molecule has 2 N–H and O–H groups in total. The fraction of sp³-hybridized carbons (Fsp3) is 0.375. The number of amides is 4. The smallest absolute Gasteiger partial charge is 0.321 e. The zero-order chi connectivity index (χ0) is 29.4. The van der Waals surface area contributed by atoms with Crippen molar-refractivity contribution in [3.63, 3.8) is 0 Å². The summed E-state index contributed by atoms with van der Waals surface area (Å²) in [5.41, 5.74) is 1.83. The van der Waals surface area contributed by atoms with Gasteiger partial charge in [-0.15, -0.1) is 0 Å². The van der Waals surface area contributed by atoms with Gasteiger partial charge < -0.3 is 19.7 Å². The zero-order valence-corrected chi connectivity index (χ0v) is 23.6. The van der Waals surface area contributed by atoms with E-state index in [1.54, 1.807) is 43.0 Å². The van der Waals surface area contributed by atoms with Crippen molar-refractivity contribution in [2.75, 3.05) is 26.3 Å². The minimum absolute atomic E-state index is 0.00546. The van der Waals surface area contributed by atoms with Crippen molar-refractivity contribution in [2.24, 2.45) is 5.41 Å². The Bertz CT molecular complexity index is 1530. The number of carbonyl (C=O) groups excluding carboxylic acids is 3. The summed E-state index contributed by atoms with van der Waals surface area (Å²) < 4.78 is 26.4. The molecule has 0 radical (unpaired) electrons. The van der Waals surface area contributed by atoms with Crippen molar-refractivity contribution in [1.82, 2.24) is 20.5 Å². The number of fused-ring (bicyclic) bond motifs is 2. The third kappa shape index (κ3) is 5.22. The number of ether oxygens (including phenoxy) is 2. The van der Waals surface area contributed by atoms with E-state index in [0.29, 0.717) is 48.7 Å². The van der Waals surface area contributed by atoms with E-state index in [4.69, 9.17) is 14.5 Å². The normalized spacial score (nSPS) is 18.2. The standard InChI is InChI=1S/C32H33FN4O5/c1-32(2,30(39)36-31(40)34-21-5-3-6-21)26-22-7-4-8-24(33)27(22)42-28-23(26)13-14-25(35-28)19-9-11-20(12-10-19)29(38)37-15-17-41-18-16-37/h4,7-14,21,26H,3,5-6,15-18H2,1-2H3,(H2,34,36,39,40)/t26-/m0/s1. The Kier molecular flexibility index (Phi) is 7.40. The number of nitrogens with zero attached hydrogens (tertiary/aromatic N) is 2. The topological polar surface area (TPSA) is 110 Å². The lowest BCUT2D eigenvalue weighted by Gasteiger charge is -2.37. The van der Waals surface area contributed by atoms with Crippen molar-refractivity contribution in [3.8, 4) is 22.9 Å². The Morgan fingerprint density at radius 3 is 2.40 bits per heavy atom. The minimum Gasteiger partial charge on any atom is -0.435 e. The Balaban J connectivity index is 1.29. The predicted octanol–water partition coefficient (Wildman–Crippen LogP) is 5.00. The molecule has 6 rings (SSSR count). The summed E-state index contributed by atoms with van der Waals surface area (Å²) in [5, 5.41) is 5.31. The second-order valence-electron chi connectivity index (χ2n) is 11.5. The van der Waals surface area contributed by atoms with Crippen LogP contribution in [-0.4, -0.2) is 60.1 Å². The Hall–Kier alpha value is -4.31. The highest BCUT2D eigenvalue weighted by Crippen LogP contribution is 2.52. The summed E-state index contributed by atoms with van der Waals surface area (Å²) >= 11 is 0. The molecule has 42 heavy (non-hydrogen) atoms. The van der Waals surface area contributed by atoms with E-state index < -0.39 is 29.1 Å². The molecule has 3 aliphatic rings. The van der Waals surface area contributed by atoms with Crippen LogP contribution in [-0.2, 0) is 9.53 Å². The molecule has 3 aromatic rings. The van der Waals surface area contributed by atoms with E-state index in [1.165, 1.54) is 6.07 Å². The molecule has 2 aliphatic heterocycles. The molecular formula is C32H33FN4O5. The molecule has 4 amide bonds. The van der Waals surface area contributed by atoms with Gasteiger partial charge in [0.25, 0.3) is 5.91 Å². The number of benzene rings is 2. The number of urea groups is 1. The van der Waals surface area contributed by atoms with Gasteiger partial charge >= 0.3 is 6.03 Å². The highest BCUT2D eigenvalue weighted by atomic mass is 19.1. The second kappa shape index (κ2) is 11.2. The maximum Gasteiger partial charge on any atom is 0.321 e. The largest absolute Gasteiger partial charge is 0.435 e. The summed E-state index contributed by atoms with van der Waals surface area (Å²) in [5.74, 6) is -1.56. The van der Waals surface area contributed by atoms with Crippen LogP contribution in [0, 0.1) is 11.2 Å². The third-order valence-electron chi connectivity index (χ3n) is 8.41. The van der Waals surface area contributed by atoms with Crippen LogP contribution < -0.4 is 15.4 Å². The van der Waals surface area contributed by atoms with Gasteiger partial charge in [0.05, 0.1) is 24.3 Å². The molecule has 1 aliphatic carbocycles. The molecule has 2 fully saturated rings. The fourth-order valence-electron chi connectivity index (χ4n) is 5.72. The lowest BCUT2D eigenvalue weighted by Crippen LogP contribution is -2.51. The van der Waals surface area contributed by atoms with Gasteiger partial charge in [-0.3, -0.25) is 14.9 Å². The number of hydrogen-bond donors (Lipinski definition) is 2. The molecule has 10 heteroatoms. The molecule has 0 unspecified atom stereocenters. The van der Waals surface area contributed by atoms with Gasteiger partial charge in [0, 0.05) is 47.3 Å². The number of imide groups is 1. The first kappa shape index (κ1) is 27.8. The van der Waals surface area contributed by atoms with E-state index in [-0.39, 0.29) is 23.6 Å². The summed E-state index contributed by atoms with van der Waals surface area (Å²) in [6.07, 6.45) is 2.84. The highest BCUT2D eigenvalue weighted by Gasteiger charge is 2.45. The molecule has 1 saturated carbocycles. The van der Waals surface area contributed by atoms with Crippen molar-refractivity contribution in [3.05, 3.63) is 77.1 Å². The first-order valence-corrected chi connectivity index (χ1v) is 14.3. The van der Waals surface area contributed by atoms with Crippen molar-refractivity contribution < 1.29 is 28.2 Å². The molecule has 1 saturated heterocycles. The molecular weight excluding hydrogens is 539 g/mol. The molecule has 1 atom stereocenters. The molecule has 0 bridgehead atoms. The Morgan fingerprint density at radius 2 is 1.71 bits per heavy atom. The van der Waals surface area contributed by atoms with Gasteiger partial charge in [-0.05, 0) is 43.5 Å². The zero-order valence-electron chi connectivity index (χ0n) is 23.6. The van der Waals surface area contributed by atoms with Gasteiger partial charge in [-0.1, -0.05) is 44.2 Å². The van der Waals surface area contributed by atoms with E-state index in [0.717, 1.165) is 24.8 Å². The molecule has 1 aromatic heterocycles. The number of carbonyl (C=O) groups is 3. The highest BCUT2D eigenvalue weighted by molar-refractivity contribution is 5.98. The van der Waals surface area contributed by atoms with Crippen LogP contribution in [0.3, 0.4) is 0 Å². The summed E-state index contributed by atoms with van der Waals surface area (Å²) in [4.78, 5) is 45.3. The Morgan fingerprint density at radius 1 is 0.976 bits per heavy atom. The molecule has 0 spiro atoms. The third-order valence-corrected chi connectivity index (χ3v) is 8.41. The molecule has 3 heterocycles. The average Bonchev–Trinajstić information content (AvgIpc) is 2.98. The average molecular weight is 573 g/mol. The van der Waals surface area contributed by atoms with Crippen LogP contribution in [0.15, 0.2) is 54.6 Å². The number of halogens is 1. The van der Waals surface area contributed by atoms with Gasteiger partial charge in [-0.2, -0.15) is 0 Å². The maximum absolute atomic E-state index is 15.1. The lowest BCUT2D eigenvalue weighted by molar-refractivity contribution is -0.128. The number of nitrogens with one attached hydrogen (secondary N) is 2. The van der Waals surface area contributed by atoms with Gasteiger partial charge in [0.2, 0.25) is 11.8 Å². The number of para-hydroxylation sites is 1. The predicted molar refractivity (Wildman–Crippen MR) is 153 cm³/mol. The quantitative estimate of drug-likeness (QED) is 0.445. The van der Waals surface area contributed by atoms with Crippen molar-refractivity contribution >= 4 is 17.8 Å². The van der Waals surface area contributed by atoms with E-state index in [1.807, 2.05) is 24.3 Å². The van der Waals surface area contributed by atoms with E-state index in [2.05, 4.69) is 10.6 Å². The number of hydrogen-bond acceptors (Lipinski definition) is 6. The molecule has 9 nitrogen and oxygen atoms in total. The van der Waals surface area contributed by atoms with Crippen molar-refractivity contribution in [1.29, 1.82) is 0 Å². The number of pyridine rings is 1. The van der Waals surface area contributed by atoms with Crippen LogP contribution in [0.4, 0.5) is 9.18 Å². The van der Waals surface area contributed by atoms with Crippen LogP contribution >= 0.6 is 0 Å². The van der Waals surface area contributed by atoms with Gasteiger partial charge in [0.15, 0.2) is 11.6 Å². The van der Waals surface area contributed by atoms with Crippen LogP contribution in [0.2, 0.25) is 0 Å². The number of rotatable bonds is 5. The van der Waals surface area contributed by atoms with E-state index >= 15 is 4.39 Å². The van der Waals surface area contributed by atoms with E-state index in [9.17, 15) is 14.4 Å². The molecule has 2 aromatic carbocycles. The monoisotopic (exact) mass is 572 g/mol. The summed E-state index contributed by atoms with van der Waals surface area (Å²) in [6.45, 7) is 5.63. The SMILES string of the molecule is CC(C)(C(=O)NC(=O)NC1CCC1)[C@@H]1c2ccc(-c3ccc(C(=O)N4CCOCC4)cc3)nc2Oc2c(F)cccc21. The second-order valence-corrected chi connectivity index (χ2v) is 11.5. The minimum atomic E-state index is -1.16. The van der Waals surface area contributed by atoms with Crippen LogP contribution in [0.25, 0.3) is 11.3 Å². The molecule has 218 valence electrons. The van der Waals surface area contributed by atoms with Crippen LogP contribution in [0.5, 0.6) is 11.6 Å². The first-order chi connectivity index (χ1) is 20.2. The first-order valence-electron chi connectivity index (χ1n) is 14.3. The Labute approximate surface area is 243 Å². The lowest BCUT2D eigenvalue weighted by atomic mass is 9.69. The number of morpholine rings is 1. The van der Waals surface area contributed by atoms with Gasteiger partial charge in [0.1, 0.15) is 0 Å². The number of aromatic nitrogens is 1. The van der Waals surface area contributed by atoms with Crippen molar-refractivity contribution in [2.45, 2.75) is 45.1 Å². The summed E-state index contributed by atoms with van der Waals surface area (Å²) in [7, 11) is 0. The van der Waals surface area contributed by atoms with Crippen LogP contribution in [0.1, 0.15) is 60.5 Å².